The lowest BCUT2D eigenvalue weighted by Gasteiger charge is -2.31. The Hall–Kier alpha value is -2.25. The Morgan fingerprint density at radius 2 is 1.94 bits per heavy atom. The van der Waals surface area contributed by atoms with Gasteiger partial charge in [0.05, 0.1) is 16.6 Å². The van der Waals surface area contributed by atoms with Crippen molar-refractivity contribution < 1.29 is 14.0 Å². The Labute approximate surface area is 194 Å². The summed E-state index contributed by atoms with van der Waals surface area (Å²) in [5.74, 6) is -0.680. The minimum Gasteiger partial charge on any atom is -0.349 e. The number of nitrogens with zero attached hydrogens (tertiary/aromatic N) is 4. The molecular formula is C24H32ClFN4O2. The smallest absolute Gasteiger partial charge is 0.226 e. The van der Waals surface area contributed by atoms with Gasteiger partial charge in [0.15, 0.2) is 5.78 Å². The van der Waals surface area contributed by atoms with Crippen molar-refractivity contribution in [1.82, 2.24) is 19.4 Å². The van der Waals surface area contributed by atoms with Crippen LogP contribution < -0.4 is 0 Å². The molecule has 0 aliphatic carbocycles. The monoisotopic (exact) mass is 462 g/mol. The molecule has 1 atom stereocenters. The van der Waals surface area contributed by atoms with Gasteiger partial charge in [0.25, 0.3) is 0 Å². The summed E-state index contributed by atoms with van der Waals surface area (Å²) in [7, 11) is 5.42. The van der Waals surface area contributed by atoms with E-state index in [0.717, 1.165) is 18.7 Å². The number of ketones is 1. The number of imidazole rings is 1. The van der Waals surface area contributed by atoms with Crippen LogP contribution in [-0.4, -0.2) is 58.7 Å². The first-order valence-electron chi connectivity index (χ1n) is 10.9. The third kappa shape index (κ3) is 5.04. The maximum Gasteiger partial charge on any atom is 0.226 e. The summed E-state index contributed by atoms with van der Waals surface area (Å²) in [6.45, 7) is 8.03. The number of fused-ring (bicyclic) bond motifs is 1. The van der Waals surface area contributed by atoms with Crippen molar-refractivity contribution in [3.63, 3.8) is 0 Å². The molecule has 0 saturated carbocycles. The van der Waals surface area contributed by atoms with E-state index in [2.05, 4.69) is 4.90 Å². The topological polar surface area (TPSA) is 58.4 Å². The number of benzene rings is 1. The number of carbonyl (C=O) groups is 2. The van der Waals surface area contributed by atoms with Crippen LogP contribution in [0.3, 0.4) is 0 Å². The first kappa shape index (κ1) is 24.4. The second-order valence-corrected chi connectivity index (χ2v) is 10.3. The highest BCUT2D eigenvalue weighted by atomic mass is 35.5. The summed E-state index contributed by atoms with van der Waals surface area (Å²) in [6.07, 6.45) is 0.961. The third-order valence-corrected chi connectivity index (χ3v) is 6.34. The van der Waals surface area contributed by atoms with Gasteiger partial charge in [-0.1, -0.05) is 32.4 Å². The van der Waals surface area contributed by atoms with Crippen molar-refractivity contribution in [2.45, 2.75) is 46.7 Å². The number of hydrogen-bond donors (Lipinski definition) is 0. The molecule has 0 unspecified atom stereocenters. The van der Waals surface area contributed by atoms with Gasteiger partial charge in [0.1, 0.15) is 17.3 Å². The number of amides is 1. The van der Waals surface area contributed by atoms with E-state index in [1.54, 1.807) is 20.2 Å². The van der Waals surface area contributed by atoms with Gasteiger partial charge in [-0.3, -0.25) is 9.59 Å². The molecule has 2 aromatic rings. The zero-order valence-corrected chi connectivity index (χ0v) is 20.5. The molecule has 1 aliphatic heterocycles. The number of carbonyl (C=O) groups excluding carboxylic acids is 2. The second kappa shape index (κ2) is 9.32. The predicted molar refractivity (Wildman–Crippen MR) is 124 cm³/mol. The molecule has 0 spiro atoms. The van der Waals surface area contributed by atoms with E-state index < -0.39 is 11.7 Å². The molecule has 0 fully saturated rings. The highest BCUT2D eigenvalue weighted by molar-refractivity contribution is 6.30. The van der Waals surface area contributed by atoms with Gasteiger partial charge in [-0.25, -0.2) is 9.37 Å². The molecule has 1 amide bonds. The lowest BCUT2D eigenvalue weighted by Crippen LogP contribution is -2.38. The number of rotatable bonds is 5. The first-order chi connectivity index (χ1) is 14.9. The third-order valence-electron chi connectivity index (χ3n) is 6.03. The van der Waals surface area contributed by atoms with E-state index in [4.69, 9.17) is 16.6 Å². The van der Waals surface area contributed by atoms with Crippen molar-refractivity contribution in [2.75, 3.05) is 27.7 Å². The fourth-order valence-corrected chi connectivity index (χ4v) is 4.28. The van der Waals surface area contributed by atoms with Gasteiger partial charge in [0.2, 0.25) is 5.91 Å². The van der Waals surface area contributed by atoms with Crippen molar-refractivity contribution in [2.24, 2.45) is 11.3 Å². The molecule has 1 aromatic carbocycles. The maximum atomic E-state index is 14.2. The van der Waals surface area contributed by atoms with Crippen LogP contribution >= 0.6 is 11.6 Å². The van der Waals surface area contributed by atoms with Gasteiger partial charge >= 0.3 is 0 Å². The molecule has 1 aliphatic rings. The zero-order chi connectivity index (χ0) is 23.8. The highest BCUT2D eigenvalue weighted by Gasteiger charge is 2.36. The minimum absolute atomic E-state index is 0.0441. The average molecular weight is 463 g/mol. The standard InChI is InChI=1S/C24H32ClFN4O2/c1-24(2,3)16(23(32)28(4)5)13-20(31)21-19-14-29(6)10-7-11-30(19)22(27-21)15-8-9-17(25)18(26)12-15/h8-9,12,16H,7,10-11,13-14H2,1-6H3/t16-/m1/s1. The van der Waals surface area contributed by atoms with Gasteiger partial charge in [-0.05, 0) is 43.6 Å². The van der Waals surface area contributed by atoms with Crippen LogP contribution in [0.4, 0.5) is 4.39 Å². The Morgan fingerprint density at radius 1 is 1.25 bits per heavy atom. The molecule has 0 saturated heterocycles. The molecule has 3 rings (SSSR count). The van der Waals surface area contributed by atoms with E-state index in [0.29, 0.717) is 30.2 Å². The van der Waals surface area contributed by atoms with E-state index >= 15 is 0 Å². The van der Waals surface area contributed by atoms with E-state index in [1.165, 1.54) is 17.0 Å². The molecule has 8 heteroatoms. The van der Waals surface area contributed by atoms with Crippen molar-refractivity contribution in [3.8, 4) is 11.4 Å². The van der Waals surface area contributed by atoms with Crippen molar-refractivity contribution >= 4 is 23.3 Å². The molecule has 6 nitrogen and oxygen atoms in total. The van der Waals surface area contributed by atoms with E-state index in [1.807, 2.05) is 32.4 Å². The molecule has 1 aromatic heterocycles. The van der Waals surface area contributed by atoms with Crippen LogP contribution in [0.1, 0.15) is 49.8 Å². The van der Waals surface area contributed by atoms with Gasteiger partial charge in [-0.15, -0.1) is 0 Å². The lowest BCUT2D eigenvalue weighted by molar-refractivity contribution is -0.136. The Balaban J connectivity index is 2.07. The van der Waals surface area contributed by atoms with Crippen LogP contribution in [0.15, 0.2) is 18.2 Å². The second-order valence-electron chi connectivity index (χ2n) is 9.88. The van der Waals surface area contributed by atoms with E-state index in [9.17, 15) is 14.0 Å². The summed E-state index contributed by atoms with van der Waals surface area (Å²) >= 11 is 5.87. The zero-order valence-electron chi connectivity index (χ0n) is 19.7. The van der Waals surface area contributed by atoms with Crippen LogP contribution in [-0.2, 0) is 17.9 Å². The van der Waals surface area contributed by atoms with Gasteiger partial charge in [-0.2, -0.15) is 0 Å². The van der Waals surface area contributed by atoms with Crippen LogP contribution in [0.2, 0.25) is 5.02 Å². The molecule has 0 bridgehead atoms. The van der Waals surface area contributed by atoms with Crippen LogP contribution in [0.5, 0.6) is 0 Å². The number of halogens is 2. The molecule has 0 radical (unpaired) electrons. The Morgan fingerprint density at radius 3 is 2.53 bits per heavy atom. The molecule has 174 valence electrons. The molecule has 2 heterocycles. The molecule has 32 heavy (non-hydrogen) atoms. The number of Topliss-reactive ketones (excluding diaryl/α,β-unsaturated/α-hetero) is 1. The number of aromatic nitrogens is 2. The van der Waals surface area contributed by atoms with Crippen molar-refractivity contribution in [1.29, 1.82) is 0 Å². The maximum absolute atomic E-state index is 14.2. The minimum atomic E-state index is -0.524. The highest BCUT2D eigenvalue weighted by Crippen LogP contribution is 2.33. The van der Waals surface area contributed by atoms with E-state index in [-0.39, 0.29) is 28.5 Å². The number of hydrogen-bond acceptors (Lipinski definition) is 4. The van der Waals surface area contributed by atoms with Crippen LogP contribution in [0, 0.1) is 17.2 Å². The Kier molecular flexibility index (Phi) is 7.10. The predicted octanol–water partition coefficient (Wildman–Crippen LogP) is 4.50. The van der Waals surface area contributed by atoms with Crippen molar-refractivity contribution in [3.05, 3.63) is 40.4 Å². The lowest BCUT2D eigenvalue weighted by atomic mass is 9.76. The SMILES string of the molecule is CN1CCCn2c(-c3ccc(Cl)c(F)c3)nc(C(=O)C[C@H](C(=O)N(C)C)C(C)(C)C)c2C1. The largest absolute Gasteiger partial charge is 0.349 e. The fourth-order valence-electron chi connectivity index (χ4n) is 4.16. The average Bonchev–Trinajstić information content (AvgIpc) is 2.93. The molecule has 0 N–H and O–H groups in total. The quantitative estimate of drug-likeness (QED) is 0.614. The summed E-state index contributed by atoms with van der Waals surface area (Å²) in [6, 6.07) is 4.58. The fraction of sp³-hybridized carbons (Fsp3) is 0.542. The first-order valence-corrected chi connectivity index (χ1v) is 11.3. The summed E-state index contributed by atoms with van der Waals surface area (Å²) in [5, 5.41) is 0.0441. The van der Waals surface area contributed by atoms with Crippen LogP contribution in [0.25, 0.3) is 11.4 Å². The normalized spacial score (nSPS) is 15.8. The summed E-state index contributed by atoms with van der Waals surface area (Å²) in [5.41, 5.74) is 1.37. The van der Waals surface area contributed by atoms with Gasteiger partial charge < -0.3 is 14.4 Å². The Bertz CT molecular complexity index is 1030. The molecular weight excluding hydrogens is 431 g/mol. The summed E-state index contributed by atoms with van der Waals surface area (Å²) < 4.78 is 16.2. The van der Waals surface area contributed by atoms with Gasteiger partial charge in [0, 0.05) is 39.2 Å². The summed E-state index contributed by atoms with van der Waals surface area (Å²) in [4.78, 5) is 34.7.